The second kappa shape index (κ2) is 4.97. The van der Waals surface area contributed by atoms with E-state index in [4.69, 9.17) is 0 Å². The summed E-state index contributed by atoms with van der Waals surface area (Å²) in [7, 11) is 6.37. The summed E-state index contributed by atoms with van der Waals surface area (Å²) < 4.78 is 0.877. The molecule has 0 aliphatic rings. The Kier molecular flexibility index (Phi) is 4.78. The molecule has 0 bridgehead atoms. The standard InChI is InChI=1S/C12H26N2O/c1-10(2)12(3,4)11(15)13-8-9-14(5,6)7/h10H,8-9H2,1-7H3/p+1. The highest BCUT2D eigenvalue weighted by molar-refractivity contribution is 5.81. The zero-order valence-electron chi connectivity index (χ0n) is 11.3. The van der Waals surface area contributed by atoms with E-state index < -0.39 is 0 Å². The molecule has 0 aromatic carbocycles. The van der Waals surface area contributed by atoms with Crippen LogP contribution < -0.4 is 5.32 Å². The molecule has 0 fully saturated rings. The molecule has 1 N–H and O–H groups in total. The number of amides is 1. The molecule has 1 amide bonds. The molecule has 3 heteroatoms. The van der Waals surface area contributed by atoms with E-state index in [-0.39, 0.29) is 11.3 Å². The van der Waals surface area contributed by atoms with E-state index in [0.29, 0.717) is 5.92 Å². The second-order valence-electron chi connectivity index (χ2n) is 6.15. The van der Waals surface area contributed by atoms with Crippen molar-refractivity contribution in [2.75, 3.05) is 34.2 Å². The summed E-state index contributed by atoms with van der Waals surface area (Å²) >= 11 is 0. The van der Waals surface area contributed by atoms with Gasteiger partial charge in [0.05, 0.1) is 34.2 Å². The minimum absolute atomic E-state index is 0.158. The van der Waals surface area contributed by atoms with Crippen LogP contribution in [0.3, 0.4) is 0 Å². The topological polar surface area (TPSA) is 29.1 Å². The number of carbonyl (C=O) groups excluding carboxylic acids is 1. The lowest BCUT2D eigenvalue weighted by atomic mass is 9.80. The molecule has 0 radical (unpaired) electrons. The summed E-state index contributed by atoms with van der Waals surface area (Å²) in [5, 5.41) is 3.01. The van der Waals surface area contributed by atoms with Crippen LogP contribution in [0.25, 0.3) is 0 Å². The van der Waals surface area contributed by atoms with Crippen molar-refractivity contribution in [1.29, 1.82) is 0 Å². The average molecular weight is 215 g/mol. The van der Waals surface area contributed by atoms with E-state index in [9.17, 15) is 4.79 Å². The van der Waals surface area contributed by atoms with Crippen molar-refractivity contribution in [2.45, 2.75) is 27.7 Å². The van der Waals surface area contributed by atoms with Gasteiger partial charge in [-0.1, -0.05) is 27.7 Å². The molecule has 0 aliphatic carbocycles. The fourth-order valence-corrected chi connectivity index (χ4v) is 0.995. The van der Waals surface area contributed by atoms with Crippen LogP contribution in [-0.2, 0) is 4.79 Å². The van der Waals surface area contributed by atoms with Gasteiger partial charge in [0.1, 0.15) is 0 Å². The molecule has 0 aromatic heterocycles. The maximum atomic E-state index is 11.9. The monoisotopic (exact) mass is 215 g/mol. The van der Waals surface area contributed by atoms with Gasteiger partial charge in [-0.2, -0.15) is 0 Å². The van der Waals surface area contributed by atoms with Crippen LogP contribution in [0.4, 0.5) is 0 Å². The number of nitrogens with one attached hydrogen (secondary N) is 1. The van der Waals surface area contributed by atoms with Crippen LogP contribution in [0.2, 0.25) is 0 Å². The van der Waals surface area contributed by atoms with Gasteiger partial charge < -0.3 is 9.80 Å². The van der Waals surface area contributed by atoms with Gasteiger partial charge >= 0.3 is 0 Å². The van der Waals surface area contributed by atoms with Gasteiger partial charge in [0.2, 0.25) is 5.91 Å². The quantitative estimate of drug-likeness (QED) is 0.692. The van der Waals surface area contributed by atoms with E-state index >= 15 is 0 Å². The van der Waals surface area contributed by atoms with Crippen molar-refractivity contribution in [3.8, 4) is 0 Å². The molecule has 0 aliphatic heterocycles. The first-order chi connectivity index (χ1) is 6.57. The summed E-state index contributed by atoms with van der Waals surface area (Å²) in [4.78, 5) is 11.9. The third-order valence-electron chi connectivity index (χ3n) is 3.10. The van der Waals surface area contributed by atoms with Crippen LogP contribution in [0.5, 0.6) is 0 Å². The molecule has 0 aromatic rings. The normalized spacial score (nSPS) is 13.1. The molecule has 90 valence electrons. The van der Waals surface area contributed by atoms with Gasteiger partial charge in [-0.3, -0.25) is 4.79 Å². The highest BCUT2D eigenvalue weighted by atomic mass is 16.2. The Morgan fingerprint density at radius 1 is 1.27 bits per heavy atom. The SMILES string of the molecule is CC(C)C(C)(C)C(=O)NCC[N+](C)(C)C. The van der Waals surface area contributed by atoms with Crippen molar-refractivity contribution in [1.82, 2.24) is 5.32 Å². The zero-order chi connectivity index (χ0) is 12.3. The summed E-state index contributed by atoms with van der Waals surface area (Å²) in [5.41, 5.74) is -0.273. The molecule has 0 heterocycles. The van der Waals surface area contributed by atoms with E-state index in [1.165, 1.54) is 0 Å². The lowest BCUT2D eigenvalue weighted by Gasteiger charge is -2.29. The Morgan fingerprint density at radius 2 is 1.73 bits per heavy atom. The molecular formula is C12H27N2O+. The van der Waals surface area contributed by atoms with Gasteiger partial charge in [-0.15, -0.1) is 0 Å². The minimum atomic E-state index is -0.273. The van der Waals surface area contributed by atoms with Gasteiger partial charge in [-0.25, -0.2) is 0 Å². The van der Waals surface area contributed by atoms with E-state index in [2.05, 4.69) is 40.3 Å². The number of rotatable bonds is 5. The van der Waals surface area contributed by atoms with Gasteiger partial charge in [0.25, 0.3) is 0 Å². The summed E-state index contributed by atoms with van der Waals surface area (Å²) in [5.74, 6) is 0.521. The van der Waals surface area contributed by atoms with Crippen molar-refractivity contribution in [2.24, 2.45) is 11.3 Å². The van der Waals surface area contributed by atoms with E-state index in [0.717, 1.165) is 17.6 Å². The van der Waals surface area contributed by atoms with Gasteiger partial charge in [-0.05, 0) is 5.92 Å². The summed E-state index contributed by atoms with van der Waals surface area (Å²) in [6.07, 6.45) is 0. The second-order valence-corrected chi connectivity index (χ2v) is 6.15. The first-order valence-corrected chi connectivity index (χ1v) is 5.66. The fraction of sp³-hybridized carbons (Fsp3) is 0.917. The Hall–Kier alpha value is -0.570. The van der Waals surface area contributed by atoms with Crippen LogP contribution >= 0.6 is 0 Å². The number of hydrogen-bond donors (Lipinski definition) is 1. The van der Waals surface area contributed by atoms with Crippen molar-refractivity contribution < 1.29 is 9.28 Å². The van der Waals surface area contributed by atoms with Crippen LogP contribution in [0.15, 0.2) is 0 Å². The van der Waals surface area contributed by atoms with Crippen LogP contribution in [0, 0.1) is 11.3 Å². The van der Waals surface area contributed by atoms with Crippen molar-refractivity contribution in [3.05, 3.63) is 0 Å². The highest BCUT2D eigenvalue weighted by Gasteiger charge is 2.30. The number of nitrogens with zero attached hydrogens (tertiary/aromatic N) is 1. The number of quaternary nitrogens is 1. The predicted molar refractivity (Wildman–Crippen MR) is 64.5 cm³/mol. The fourth-order valence-electron chi connectivity index (χ4n) is 0.995. The largest absolute Gasteiger partial charge is 0.350 e. The third kappa shape index (κ3) is 5.17. The van der Waals surface area contributed by atoms with Crippen molar-refractivity contribution in [3.63, 3.8) is 0 Å². The smallest absolute Gasteiger partial charge is 0.226 e. The van der Waals surface area contributed by atoms with Crippen LogP contribution in [-0.4, -0.2) is 44.6 Å². The van der Waals surface area contributed by atoms with E-state index in [1.807, 2.05) is 13.8 Å². The Morgan fingerprint density at radius 3 is 2.07 bits per heavy atom. The first kappa shape index (κ1) is 14.4. The molecule has 0 saturated heterocycles. The molecule has 0 spiro atoms. The molecule has 0 atom stereocenters. The first-order valence-electron chi connectivity index (χ1n) is 5.66. The van der Waals surface area contributed by atoms with E-state index in [1.54, 1.807) is 0 Å². The molecule has 0 unspecified atom stereocenters. The number of likely N-dealkylation sites (N-methyl/N-ethyl adjacent to an activating group) is 1. The van der Waals surface area contributed by atoms with Crippen LogP contribution in [0.1, 0.15) is 27.7 Å². The zero-order valence-corrected chi connectivity index (χ0v) is 11.3. The maximum absolute atomic E-state index is 11.9. The number of hydrogen-bond acceptors (Lipinski definition) is 1. The molecule has 0 saturated carbocycles. The minimum Gasteiger partial charge on any atom is -0.350 e. The van der Waals surface area contributed by atoms with Gasteiger partial charge in [0, 0.05) is 5.41 Å². The highest BCUT2D eigenvalue weighted by Crippen LogP contribution is 2.25. The maximum Gasteiger partial charge on any atom is 0.226 e. The Labute approximate surface area is 94.4 Å². The Bertz CT molecular complexity index is 214. The summed E-state index contributed by atoms with van der Waals surface area (Å²) in [6.45, 7) is 9.87. The molecule has 0 rings (SSSR count). The lowest BCUT2D eigenvalue weighted by Crippen LogP contribution is -2.46. The van der Waals surface area contributed by atoms with Crippen molar-refractivity contribution >= 4 is 5.91 Å². The summed E-state index contributed by atoms with van der Waals surface area (Å²) in [6, 6.07) is 0. The molecule has 3 nitrogen and oxygen atoms in total. The lowest BCUT2D eigenvalue weighted by molar-refractivity contribution is -0.869. The number of carbonyl (C=O) groups is 1. The third-order valence-corrected chi connectivity index (χ3v) is 3.10. The predicted octanol–water partition coefficient (Wildman–Crippen LogP) is 1.49. The Balaban J connectivity index is 4.06. The van der Waals surface area contributed by atoms with Gasteiger partial charge in [0.15, 0.2) is 0 Å². The molecule has 15 heavy (non-hydrogen) atoms. The molecular weight excluding hydrogens is 188 g/mol. The average Bonchev–Trinajstić information content (AvgIpc) is 2.01.